The molecule has 102 valence electrons. The highest BCUT2D eigenvalue weighted by Crippen LogP contribution is 2.25. The predicted molar refractivity (Wildman–Crippen MR) is 75.7 cm³/mol. The summed E-state index contributed by atoms with van der Waals surface area (Å²) in [6.07, 6.45) is 4.43. The summed E-state index contributed by atoms with van der Waals surface area (Å²) in [6.45, 7) is 3.04. The molecule has 1 aliphatic carbocycles. The molecule has 2 N–H and O–H groups in total. The number of carbonyl (C=O) groups excluding carboxylic acids is 1. The normalized spacial score (nSPS) is 29.8. The average Bonchev–Trinajstić information content (AvgIpc) is 2.84. The number of nitrogens with one attached hydrogen (secondary N) is 2. The first-order valence-electron chi connectivity index (χ1n) is 7.34. The zero-order valence-corrected chi connectivity index (χ0v) is 11.5. The van der Waals surface area contributed by atoms with Crippen LogP contribution in [-0.4, -0.2) is 18.0 Å². The summed E-state index contributed by atoms with van der Waals surface area (Å²) in [5.41, 5.74) is 2.63. The van der Waals surface area contributed by atoms with Gasteiger partial charge in [-0.3, -0.25) is 4.79 Å². The molecule has 1 aliphatic heterocycles. The summed E-state index contributed by atoms with van der Waals surface area (Å²) in [4.78, 5) is 12.3. The Labute approximate surface area is 114 Å². The molecule has 0 spiro atoms. The van der Waals surface area contributed by atoms with Crippen LogP contribution in [0.3, 0.4) is 0 Å². The van der Waals surface area contributed by atoms with Crippen LogP contribution < -0.4 is 10.6 Å². The van der Waals surface area contributed by atoms with Crippen molar-refractivity contribution >= 4 is 5.91 Å². The minimum atomic E-state index is -0.0669. The quantitative estimate of drug-likeness (QED) is 0.852. The molecule has 1 heterocycles. The molecule has 1 fully saturated rings. The van der Waals surface area contributed by atoms with Crippen molar-refractivity contribution in [3.05, 3.63) is 35.4 Å². The first-order chi connectivity index (χ1) is 9.24. The summed E-state index contributed by atoms with van der Waals surface area (Å²) >= 11 is 0. The van der Waals surface area contributed by atoms with Gasteiger partial charge in [-0.05, 0) is 36.3 Å². The number of amides is 1. The molecule has 0 aromatic heterocycles. The molecule has 1 aromatic carbocycles. The third-order valence-electron chi connectivity index (χ3n) is 4.59. The molecule has 2 aliphatic rings. The fourth-order valence-corrected chi connectivity index (χ4v) is 3.28. The van der Waals surface area contributed by atoms with Crippen LogP contribution in [0.15, 0.2) is 24.3 Å². The second-order valence-electron chi connectivity index (χ2n) is 5.93. The Balaban J connectivity index is 1.63. The van der Waals surface area contributed by atoms with Gasteiger partial charge in [0.05, 0.1) is 6.04 Å². The van der Waals surface area contributed by atoms with E-state index in [1.54, 1.807) is 0 Å². The van der Waals surface area contributed by atoms with Crippen molar-refractivity contribution in [1.82, 2.24) is 10.6 Å². The van der Waals surface area contributed by atoms with Crippen molar-refractivity contribution in [2.75, 3.05) is 0 Å². The van der Waals surface area contributed by atoms with E-state index in [9.17, 15) is 4.79 Å². The van der Waals surface area contributed by atoms with E-state index in [1.165, 1.54) is 24.0 Å². The van der Waals surface area contributed by atoms with E-state index in [4.69, 9.17) is 0 Å². The predicted octanol–water partition coefficient (Wildman–Crippen LogP) is 2.01. The Morgan fingerprint density at radius 3 is 2.79 bits per heavy atom. The van der Waals surface area contributed by atoms with E-state index in [0.717, 1.165) is 19.4 Å². The highest BCUT2D eigenvalue weighted by molar-refractivity contribution is 5.82. The number of fused-ring (bicyclic) bond motifs is 1. The lowest BCUT2D eigenvalue weighted by Gasteiger charge is -2.27. The van der Waals surface area contributed by atoms with Crippen molar-refractivity contribution in [1.29, 1.82) is 0 Å². The highest BCUT2D eigenvalue weighted by Gasteiger charge is 2.29. The summed E-state index contributed by atoms with van der Waals surface area (Å²) in [5, 5.41) is 6.58. The Kier molecular flexibility index (Phi) is 3.56. The van der Waals surface area contributed by atoms with E-state index in [2.05, 4.69) is 41.8 Å². The number of hydrogen-bond acceptors (Lipinski definition) is 2. The molecule has 3 heteroatoms. The van der Waals surface area contributed by atoms with Crippen molar-refractivity contribution in [2.24, 2.45) is 5.92 Å². The van der Waals surface area contributed by atoms with Crippen molar-refractivity contribution in [3.63, 3.8) is 0 Å². The van der Waals surface area contributed by atoms with Crippen LogP contribution in [0.25, 0.3) is 0 Å². The molecule has 3 nitrogen and oxygen atoms in total. The van der Waals surface area contributed by atoms with Crippen LogP contribution in [0.5, 0.6) is 0 Å². The SMILES string of the molecule is CC1CCCC1NC(=O)[C@H]1Cc2ccccc2CN1. The number of benzene rings is 1. The minimum absolute atomic E-state index is 0.0669. The summed E-state index contributed by atoms with van der Waals surface area (Å²) in [7, 11) is 0. The van der Waals surface area contributed by atoms with Gasteiger partial charge in [-0.25, -0.2) is 0 Å². The van der Waals surface area contributed by atoms with Gasteiger partial charge in [0.25, 0.3) is 0 Å². The Morgan fingerprint density at radius 2 is 2.05 bits per heavy atom. The van der Waals surface area contributed by atoms with Gasteiger partial charge in [-0.2, -0.15) is 0 Å². The van der Waals surface area contributed by atoms with Gasteiger partial charge in [0.15, 0.2) is 0 Å². The fourth-order valence-electron chi connectivity index (χ4n) is 3.28. The van der Waals surface area contributed by atoms with E-state index < -0.39 is 0 Å². The largest absolute Gasteiger partial charge is 0.352 e. The lowest BCUT2D eigenvalue weighted by Crippen LogP contribution is -2.50. The lowest BCUT2D eigenvalue weighted by atomic mass is 9.95. The molecule has 19 heavy (non-hydrogen) atoms. The second-order valence-corrected chi connectivity index (χ2v) is 5.93. The van der Waals surface area contributed by atoms with Crippen LogP contribution in [0.1, 0.15) is 37.3 Å². The van der Waals surface area contributed by atoms with E-state index in [1.807, 2.05) is 0 Å². The Hall–Kier alpha value is -1.35. The van der Waals surface area contributed by atoms with Crippen LogP contribution in [-0.2, 0) is 17.8 Å². The lowest BCUT2D eigenvalue weighted by molar-refractivity contribution is -0.124. The topological polar surface area (TPSA) is 41.1 Å². The molecule has 1 amide bonds. The number of hydrogen-bond donors (Lipinski definition) is 2. The highest BCUT2D eigenvalue weighted by atomic mass is 16.2. The van der Waals surface area contributed by atoms with Gasteiger partial charge in [-0.15, -0.1) is 0 Å². The molecular weight excluding hydrogens is 236 g/mol. The molecule has 0 radical (unpaired) electrons. The van der Waals surface area contributed by atoms with Gasteiger partial charge in [-0.1, -0.05) is 37.6 Å². The first-order valence-corrected chi connectivity index (χ1v) is 7.34. The summed E-state index contributed by atoms with van der Waals surface area (Å²) in [6, 6.07) is 8.69. The summed E-state index contributed by atoms with van der Waals surface area (Å²) < 4.78 is 0. The third-order valence-corrected chi connectivity index (χ3v) is 4.59. The van der Waals surface area contributed by atoms with Crippen molar-refractivity contribution < 1.29 is 4.79 Å². The number of rotatable bonds is 2. The Morgan fingerprint density at radius 1 is 1.26 bits per heavy atom. The average molecular weight is 258 g/mol. The van der Waals surface area contributed by atoms with Gasteiger partial charge in [0.1, 0.15) is 0 Å². The molecule has 1 aromatic rings. The third kappa shape index (κ3) is 2.66. The number of carbonyl (C=O) groups is 1. The van der Waals surface area contributed by atoms with E-state index in [-0.39, 0.29) is 11.9 Å². The monoisotopic (exact) mass is 258 g/mol. The van der Waals surface area contributed by atoms with E-state index >= 15 is 0 Å². The molecule has 0 saturated heterocycles. The standard InChI is InChI=1S/C16H22N2O/c1-11-5-4-8-14(11)18-16(19)15-9-12-6-2-3-7-13(12)10-17-15/h2-3,6-7,11,14-15,17H,4-5,8-10H2,1H3,(H,18,19)/t11?,14?,15-/m1/s1. The molecule has 3 atom stereocenters. The van der Waals surface area contributed by atoms with E-state index in [0.29, 0.717) is 12.0 Å². The summed E-state index contributed by atoms with van der Waals surface area (Å²) in [5.74, 6) is 0.799. The second kappa shape index (κ2) is 5.33. The van der Waals surface area contributed by atoms with Crippen LogP contribution >= 0.6 is 0 Å². The first kappa shape index (κ1) is 12.7. The molecular formula is C16H22N2O. The van der Waals surface area contributed by atoms with Crippen molar-refractivity contribution in [3.8, 4) is 0 Å². The van der Waals surface area contributed by atoms with Gasteiger partial charge in [0, 0.05) is 12.6 Å². The van der Waals surface area contributed by atoms with Crippen LogP contribution in [0, 0.1) is 5.92 Å². The molecule has 0 bridgehead atoms. The Bertz CT molecular complexity index is 472. The van der Waals surface area contributed by atoms with Crippen LogP contribution in [0.4, 0.5) is 0 Å². The molecule has 2 unspecified atom stereocenters. The maximum absolute atomic E-state index is 12.3. The van der Waals surface area contributed by atoms with Gasteiger partial charge < -0.3 is 10.6 Å². The maximum Gasteiger partial charge on any atom is 0.237 e. The maximum atomic E-state index is 12.3. The van der Waals surface area contributed by atoms with Gasteiger partial charge in [0.2, 0.25) is 5.91 Å². The fraction of sp³-hybridized carbons (Fsp3) is 0.562. The minimum Gasteiger partial charge on any atom is -0.352 e. The zero-order valence-electron chi connectivity index (χ0n) is 11.5. The van der Waals surface area contributed by atoms with Gasteiger partial charge >= 0.3 is 0 Å². The van der Waals surface area contributed by atoms with Crippen molar-refractivity contribution in [2.45, 2.75) is 51.2 Å². The van der Waals surface area contributed by atoms with Crippen LogP contribution in [0.2, 0.25) is 0 Å². The molecule has 1 saturated carbocycles. The zero-order chi connectivity index (χ0) is 13.2. The smallest absolute Gasteiger partial charge is 0.237 e. The molecule has 3 rings (SSSR count).